The number of carbonyl (C=O) groups is 1. The molecule has 6 nitrogen and oxygen atoms in total. The third-order valence-electron chi connectivity index (χ3n) is 5.68. The fraction of sp³-hybridized carbons (Fsp3) is 0.120. The lowest BCUT2D eigenvalue weighted by atomic mass is 10.1. The molecule has 6 heteroatoms. The standard InChI is InChI=1S/C25H19N3O3/c29-24-25(30-15-16-31-25)20-13-7-8-14-21(20)28(24)22-17-27(19-11-5-2-6-12-19)26-23(22)18-9-3-1-4-10-18/h1-14,17H,15-16H2. The van der Waals surface area contributed by atoms with E-state index in [0.29, 0.717) is 24.6 Å². The summed E-state index contributed by atoms with van der Waals surface area (Å²) in [7, 11) is 0. The van der Waals surface area contributed by atoms with Crippen LogP contribution in [0.25, 0.3) is 16.9 Å². The van der Waals surface area contributed by atoms with Crippen LogP contribution in [0.1, 0.15) is 5.56 Å². The van der Waals surface area contributed by atoms with E-state index in [1.807, 2.05) is 91.1 Å². The second-order valence-electron chi connectivity index (χ2n) is 7.48. The van der Waals surface area contributed by atoms with E-state index >= 15 is 0 Å². The van der Waals surface area contributed by atoms with Gasteiger partial charge in [0.15, 0.2) is 0 Å². The van der Waals surface area contributed by atoms with E-state index in [-0.39, 0.29) is 5.91 Å². The van der Waals surface area contributed by atoms with Crippen molar-refractivity contribution in [3.63, 3.8) is 0 Å². The summed E-state index contributed by atoms with van der Waals surface area (Å²) >= 11 is 0. The number of nitrogens with zero attached hydrogens (tertiary/aromatic N) is 3. The van der Waals surface area contributed by atoms with E-state index in [2.05, 4.69) is 0 Å². The fourth-order valence-electron chi connectivity index (χ4n) is 4.29. The molecule has 0 aliphatic carbocycles. The summed E-state index contributed by atoms with van der Waals surface area (Å²) in [6.07, 6.45) is 1.89. The van der Waals surface area contributed by atoms with Crippen molar-refractivity contribution < 1.29 is 14.3 Å². The number of carbonyl (C=O) groups excluding carboxylic acids is 1. The zero-order chi connectivity index (χ0) is 20.8. The Morgan fingerprint density at radius 2 is 1.42 bits per heavy atom. The van der Waals surface area contributed by atoms with Gasteiger partial charge in [0.05, 0.1) is 36.5 Å². The number of ether oxygens (including phenoxy) is 2. The predicted octanol–water partition coefficient (Wildman–Crippen LogP) is 4.42. The summed E-state index contributed by atoms with van der Waals surface area (Å²) < 4.78 is 13.6. The number of hydrogen-bond acceptors (Lipinski definition) is 4. The molecule has 1 amide bonds. The topological polar surface area (TPSA) is 56.6 Å². The molecule has 0 unspecified atom stereocenters. The molecule has 2 aliphatic rings. The Morgan fingerprint density at radius 3 is 2.16 bits per heavy atom. The third-order valence-corrected chi connectivity index (χ3v) is 5.68. The molecule has 0 radical (unpaired) electrons. The van der Waals surface area contributed by atoms with Gasteiger partial charge in [-0.25, -0.2) is 4.68 Å². The first-order chi connectivity index (χ1) is 15.3. The lowest BCUT2D eigenvalue weighted by Gasteiger charge is -2.22. The zero-order valence-electron chi connectivity index (χ0n) is 16.6. The van der Waals surface area contributed by atoms with E-state index < -0.39 is 5.79 Å². The van der Waals surface area contributed by atoms with E-state index in [1.54, 1.807) is 9.58 Å². The maximum Gasteiger partial charge on any atom is 0.297 e. The molecule has 3 aromatic carbocycles. The van der Waals surface area contributed by atoms with Crippen molar-refractivity contribution >= 4 is 17.3 Å². The maximum absolute atomic E-state index is 13.8. The van der Waals surface area contributed by atoms with Crippen LogP contribution in [-0.4, -0.2) is 28.9 Å². The van der Waals surface area contributed by atoms with Crippen molar-refractivity contribution in [3.8, 4) is 16.9 Å². The molecular formula is C25H19N3O3. The van der Waals surface area contributed by atoms with Crippen LogP contribution in [0.4, 0.5) is 11.4 Å². The summed E-state index contributed by atoms with van der Waals surface area (Å²) in [5.41, 5.74) is 4.70. The van der Waals surface area contributed by atoms with Crippen molar-refractivity contribution in [1.29, 1.82) is 0 Å². The van der Waals surface area contributed by atoms with Crippen molar-refractivity contribution in [1.82, 2.24) is 9.78 Å². The molecule has 1 aromatic heterocycles. The van der Waals surface area contributed by atoms with E-state index in [1.165, 1.54) is 0 Å². The average molecular weight is 409 g/mol. The van der Waals surface area contributed by atoms with Crippen LogP contribution >= 0.6 is 0 Å². The maximum atomic E-state index is 13.8. The highest BCUT2D eigenvalue weighted by Gasteiger charge is 2.57. The van der Waals surface area contributed by atoms with Gasteiger partial charge >= 0.3 is 0 Å². The van der Waals surface area contributed by atoms with Crippen LogP contribution in [0.5, 0.6) is 0 Å². The van der Waals surface area contributed by atoms with Gasteiger partial charge in [-0.15, -0.1) is 0 Å². The first-order valence-electron chi connectivity index (χ1n) is 10.2. The van der Waals surface area contributed by atoms with Crippen LogP contribution < -0.4 is 4.90 Å². The smallest absolute Gasteiger partial charge is 0.297 e. The Kier molecular flexibility index (Phi) is 4.02. The molecule has 0 N–H and O–H groups in total. The Hall–Kier alpha value is -3.74. The van der Waals surface area contributed by atoms with E-state index in [4.69, 9.17) is 14.6 Å². The molecule has 4 aromatic rings. The first kappa shape index (κ1) is 18.1. The van der Waals surface area contributed by atoms with Gasteiger partial charge in [0.1, 0.15) is 5.69 Å². The Labute approximate surface area is 179 Å². The third kappa shape index (κ3) is 2.66. The molecule has 152 valence electrons. The van der Waals surface area contributed by atoms with E-state index in [0.717, 1.165) is 22.5 Å². The Balaban J connectivity index is 1.58. The molecule has 2 aliphatic heterocycles. The molecule has 1 fully saturated rings. The van der Waals surface area contributed by atoms with Crippen molar-refractivity contribution in [2.75, 3.05) is 18.1 Å². The summed E-state index contributed by atoms with van der Waals surface area (Å²) in [5.74, 6) is -1.64. The minimum atomic E-state index is -1.39. The van der Waals surface area contributed by atoms with Gasteiger partial charge in [-0.1, -0.05) is 66.7 Å². The van der Waals surface area contributed by atoms with Crippen LogP contribution in [0.2, 0.25) is 0 Å². The average Bonchev–Trinajstić information content (AvgIpc) is 3.54. The lowest BCUT2D eigenvalue weighted by molar-refractivity contribution is -0.180. The van der Waals surface area contributed by atoms with Gasteiger partial charge in [-0.05, 0) is 18.2 Å². The molecule has 31 heavy (non-hydrogen) atoms. The molecule has 0 atom stereocenters. The number of aromatic nitrogens is 2. The van der Waals surface area contributed by atoms with Gasteiger partial charge in [0, 0.05) is 11.1 Å². The summed E-state index contributed by atoms with van der Waals surface area (Å²) in [6, 6.07) is 27.3. The normalized spacial score (nSPS) is 16.8. The van der Waals surface area contributed by atoms with Crippen LogP contribution in [0.3, 0.4) is 0 Å². The second kappa shape index (κ2) is 6.91. The van der Waals surface area contributed by atoms with Gasteiger partial charge in [-0.3, -0.25) is 9.69 Å². The second-order valence-corrected chi connectivity index (χ2v) is 7.48. The van der Waals surface area contributed by atoms with Crippen LogP contribution in [0.15, 0.2) is 91.1 Å². The van der Waals surface area contributed by atoms with E-state index in [9.17, 15) is 4.79 Å². The molecule has 0 saturated carbocycles. The SMILES string of the molecule is O=C1N(c2cn(-c3ccccc3)nc2-c2ccccc2)c2ccccc2C12OCCO2. The Morgan fingerprint density at radius 1 is 0.774 bits per heavy atom. The van der Waals surface area contributed by atoms with Gasteiger partial charge < -0.3 is 9.47 Å². The Bertz CT molecular complexity index is 1260. The molecule has 0 bridgehead atoms. The van der Waals surface area contributed by atoms with Crippen molar-refractivity contribution in [2.45, 2.75) is 5.79 Å². The largest absolute Gasteiger partial charge is 0.336 e. The molecular weight excluding hydrogens is 390 g/mol. The number of para-hydroxylation sites is 2. The number of benzene rings is 3. The summed E-state index contributed by atoms with van der Waals surface area (Å²) in [5, 5.41) is 4.86. The molecule has 1 spiro atoms. The predicted molar refractivity (Wildman–Crippen MR) is 116 cm³/mol. The number of anilines is 2. The van der Waals surface area contributed by atoms with Gasteiger partial charge in [-0.2, -0.15) is 5.10 Å². The minimum absolute atomic E-state index is 0.254. The highest BCUT2D eigenvalue weighted by atomic mass is 16.7. The molecule has 1 saturated heterocycles. The number of amides is 1. The quantitative estimate of drug-likeness (QED) is 0.503. The number of fused-ring (bicyclic) bond motifs is 2. The summed E-state index contributed by atoms with van der Waals surface area (Å²) in [4.78, 5) is 15.4. The van der Waals surface area contributed by atoms with Crippen molar-refractivity contribution in [2.24, 2.45) is 0 Å². The molecule has 6 rings (SSSR count). The van der Waals surface area contributed by atoms with Crippen LogP contribution in [-0.2, 0) is 20.1 Å². The van der Waals surface area contributed by atoms with Crippen LogP contribution in [0, 0.1) is 0 Å². The highest BCUT2D eigenvalue weighted by molar-refractivity contribution is 6.13. The summed E-state index contributed by atoms with van der Waals surface area (Å²) in [6.45, 7) is 0.755. The fourth-order valence-corrected chi connectivity index (χ4v) is 4.29. The number of hydrogen-bond donors (Lipinski definition) is 0. The van der Waals surface area contributed by atoms with Gasteiger partial charge in [0.2, 0.25) is 0 Å². The number of rotatable bonds is 3. The first-order valence-corrected chi connectivity index (χ1v) is 10.2. The minimum Gasteiger partial charge on any atom is -0.336 e. The lowest BCUT2D eigenvalue weighted by Crippen LogP contribution is -2.39. The van der Waals surface area contributed by atoms with Gasteiger partial charge in [0.25, 0.3) is 11.7 Å². The molecule has 3 heterocycles. The zero-order valence-corrected chi connectivity index (χ0v) is 16.6. The monoisotopic (exact) mass is 409 g/mol. The highest BCUT2D eigenvalue weighted by Crippen LogP contribution is 2.50. The van der Waals surface area contributed by atoms with Crippen molar-refractivity contribution in [3.05, 3.63) is 96.7 Å².